The highest BCUT2D eigenvalue weighted by Crippen LogP contribution is 2.33. The van der Waals surface area contributed by atoms with Gasteiger partial charge in [-0.05, 0) is 24.1 Å². The van der Waals surface area contributed by atoms with Crippen molar-refractivity contribution in [1.82, 2.24) is 9.80 Å². The van der Waals surface area contributed by atoms with Crippen LogP contribution in [0.1, 0.15) is 24.0 Å². The van der Waals surface area contributed by atoms with Gasteiger partial charge in [-0.3, -0.25) is 9.69 Å². The molecule has 1 amide bonds. The first-order valence-electron chi connectivity index (χ1n) is 7.36. The van der Waals surface area contributed by atoms with Gasteiger partial charge >= 0.3 is 0 Å². The average Bonchev–Trinajstić information content (AvgIpc) is 3.01. The van der Waals surface area contributed by atoms with Gasteiger partial charge in [-0.25, -0.2) is 0 Å². The van der Waals surface area contributed by atoms with Crippen molar-refractivity contribution >= 4 is 5.91 Å². The molecule has 108 valence electrons. The summed E-state index contributed by atoms with van der Waals surface area (Å²) < 4.78 is 0. The molecule has 21 heavy (non-hydrogen) atoms. The van der Waals surface area contributed by atoms with Crippen LogP contribution in [0.2, 0.25) is 0 Å². The fourth-order valence-corrected chi connectivity index (χ4v) is 3.56. The molecule has 2 saturated heterocycles. The standard InChI is InChI=1S/C17H19N3O/c1-2-7-20-15-6-8-19(16(15)10-17(20)21)12-14-5-3-4-13(9-14)11-18/h2-5,9,15-16H,1,6-8,10,12H2/t15-,16+/m1/s1. The van der Waals surface area contributed by atoms with Crippen molar-refractivity contribution < 1.29 is 4.79 Å². The zero-order valence-corrected chi connectivity index (χ0v) is 12.0. The minimum Gasteiger partial charge on any atom is -0.334 e. The number of benzene rings is 1. The highest BCUT2D eigenvalue weighted by Gasteiger charge is 2.45. The summed E-state index contributed by atoms with van der Waals surface area (Å²) >= 11 is 0. The van der Waals surface area contributed by atoms with Crippen LogP contribution in [-0.4, -0.2) is 40.9 Å². The largest absolute Gasteiger partial charge is 0.334 e. The molecule has 0 saturated carbocycles. The quantitative estimate of drug-likeness (QED) is 0.792. The van der Waals surface area contributed by atoms with Crippen molar-refractivity contribution in [3.05, 3.63) is 48.0 Å². The Labute approximate surface area is 125 Å². The van der Waals surface area contributed by atoms with E-state index in [1.807, 2.05) is 29.2 Å². The van der Waals surface area contributed by atoms with E-state index in [2.05, 4.69) is 17.5 Å². The van der Waals surface area contributed by atoms with Gasteiger partial charge in [0.15, 0.2) is 0 Å². The number of nitriles is 1. The highest BCUT2D eigenvalue weighted by molar-refractivity contribution is 5.80. The molecule has 0 spiro atoms. The third-order valence-electron chi connectivity index (χ3n) is 4.50. The molecule has 0 unspecified atom stereocenters. The average molecular weight is 281 g/mol. The van der Waals surface area contributed by atoms with Gasteiger partial charge in [0.1, 0.15) is 0 Å². The Morgan fingerprint density at radius 3 is 3.05 bits per heavy atom. The van der Waals surface area contributed by atoms with E-state index in [9.17, 15) is 4.79 Å². The molecule has 2 aliphatic heterocycles. The molecule has 0 aliphatic carbocycles. The monoisotopic (exact) mass is 281 g/mol. The lowest BCUT2D eigenvalue weighted by atomic mass is 10.1. The minimum atomic E-state index is 0.236. The third-order valence-corrected chi connectivity index (χ3v) is 4.50. The molecule has 0 radical (unpaired) electrons. The van der Waals surface area contributed by atoms with Crippen LogP contribution in [0, 0.1) is 11.3 Å². The van der Waals surface area contributed by atoms with Crippen LogP contribution in [0.4, 0.5) is 0 Å². The maximum absolute atomic E-state index is 12.1. The van der Waals surface area contributed by atoms with Crippen LogP contribution >= 0.6 is 0 Å². The molecule has 2 fully saturated rings. The van der Waals surface area contributed by atoms with Crippen molar-refractivity contribution in [3.8, 4) is 6.07 Å². The molecule has 1 aromatic carbocycles. The molecular weight excluding hydrogens is 262 g/mol. The Morgan fingerprint density at radius 1 is 1.43 bits per heavy atom. The predicted octanol–water partition coefficient (Wildman–Crippen LogP) is 1.92. The summed E-state index contributed by atoms with van der Waals surface area (Å²) in [6, 6.07) is 10.5. The maximum Gasteiger partial charge on any atom is 0.224 e. The molecule has 1 aromatic rings. The second-order valence-corrected chi connectivity index (χ2v) is 5.74. The Kier molecular flexibility index (Phi) is 3.76. The van der Waals surface area contributed by atoms with E-state index < -0.39 is 0 Å². The molecular formula is C17H19N3O. The normalized spacial score (nSPS) is 24.9. The number of hydrogen-bond donors (Lipinski definition) is 0. The summed E-state index contributed by atoms with van der Waals surface area (Å²) in [6.45, 7) is 6.21. The van der Waals surface area contributed by atoms with Gasteiger partial charge < -0.3 is 4.90 Å². The first-order valence-corrected chi connectivity index (χ1v) is 7.36. The summed E-state index contributed by atoms with van der Waals surface area (Å²) in [5, 5.41) is 8.98. The molecule has 0 bridgehead atoms. The highest BCUT2D eigenvalue weighted by atomic mass is 16.2. The first kappa shape index (κ1) is 13.8. The number of likely N-dealkylation sites (tertiary alicyclic amines) is 2. The number of carbonyl (C=O) groups excluding carboxylic acids is 1. The van der Waals surface area contributed by atoms with E-state index in [-0.39, 0.29) is 5.91 Å². The Bertz CT molecular complexity index is 604. The van der Waals surface area contributed by atoms with E-state index in [0.717, 1.165) is 25.1 Å². The molecule has 0 aromatic heterocycles. The summed E-state index contributed by atoms with van der Waals surface area (Å²) in [5.41, 5.74) is 1.84. The number of hydrogen-bond acceptors (Lipinski definition) is 3. The third kappa shape index (κ3) is 2.57. The van der Waals surface area contributed by atoms with Crippen LogP contribution in [-0.2, 0) is 11.3 Å². The van der Waals surface area contributed by atoms with Crippen LogP contribution < -0.4 is 0 Å². The lowest BCUT2D eigenvalue weighted by molar-refractivity contribution is -0.128. The van der Waals surface area contributed by atoms with Gasteiger partial charge in [-0.1, -0.05) is 18.2 Å². The van der Waals surface area contributed by atoms with Crippen LogP contribution in [0.25, 0.3) is 0 Å². The van der Waals surface area contributed by atoms with E-state index in [1.54, 1.807) is 6.08 Å². The van der Waals surface area contributed by atoms with Gasteiger partial charge in [-0.15, -0.1) is 6.58 Å². The van der Waals surface area contributed by atoms with Gasteiger partial charge in [-0.2, -0.15) is 5.26 Å². The van der Waals surface area contributed by atoms with Gasteiger partial charge in [0.2, 0.25) is 5.91 Å². The lowest BCUT2D eigenvalue weighted by Crippen LogP contribution is -2.37. The SMILES string of the molecule is C=CCN1C(=O)C[C@H]2[C@H]1CCN2Cc1cccc(C#N)c1. The molecule has 4 heteroatoms. The molecule has 3 rings (SSSR count). The number of rotatable bonds is 4. The maximum atomic E-state index is 12.1. The number of nitrogens with zero attached hydrogens (tertiary/aromatic N) is 3. The van der Waals surface area contributed by atoms with Crippen molar-refractivity contribution in [2.24, 2.45) is 0 Å². The van der Waals surface area contributed by atoms with E-state index in [0.29, 0.717) is 30.6 Å². The number of fused-ring (bicyclic) bond motifs is 1. The van der Waals surface area contributed by atoms with Crippen molar-refractivity contribution in [2.45, 2.75) is 31.5 Å². The predicted molar refractivity (Wildman–Crippen MR) is 80.3 cm³/mol. The summed E-state index contributed by atoms with van der Waals surface area (Å²) in [7, 11) is 0. The summed E-state index contributed by atoms with van der Waals surface area (Å²) in [6.07, 6.45) is 3.44. The summed E-state index contributed by atoms with van der Waals surface area (Å²) in [4.78, 5) is 16.4. The Balaban J connectivity index is 1.72. The van der Waals surface area contributed by atoms with Crippen molar-refractivity contribution in [1.29, 1.82) is 5.26 Å². The second kappa shape index (κ2) is 5.71. The van der Waals surface area contributed by atoms with E-state index in [1.165, 1.54) is 0 Å². The molecule has 2 heterocycles. The zero-order valence-electron chi connectivity index (χ0n) is 12.0. The van der Waals surface area contributed by atoms with Gasteiger partial charge in [0, 0.05) is 38.1 Å². The molecule has 2 aliphatic rings. The van der Waals surface area contributed by atoms with Crippen LogP contribution in [0.5, 0.6) is 0 Å². The van der Waals surface area contributed by atoms with E-state index in [4.69, 9.17) is 5.26 Å². The molecule has 2 atom stereocenters. The molecule has 0 N–H and O–H groups in total. The van der Waals surface area contributed by atoms with Gasteiger partial charge in [0.25, 0.3) is 0 Å². The van der Waals surface area contributed by atoms with E-state index >= 15 is 0 Å². The van der Waals surface area contributed by atoms with Crippen molar-refractivity contribution in [2.75, 3.05) is 13.1 Å². The van der Waals surface area contributed by atoms with Crippen LogP contribution in [0.15, 0.2) is 36.9 Å². The molecule has 4 nitrogen and oxygen atoms in total. The smallest absolute Gasteiger partial charge is 0.224 e. The van der Waals surface area contributed by atoms with Crippen LogP contribution in [0.3, 0.4) is 0 Å². The zero-order chi connectivity index (χ0) is 14.8. The minimum absolute atomic E-state index is 0.236. The fraction of sp³-hybridized carbons (Fsp3) is 0.412. The first-order chi connectivity index (χ1) is 10.2. The number of amides is 1. The lowest BCUT2D eigenvalue weighted by Gasteiger charge is -2.24. The topological polar surface area (TPSA) is 47.3 Å². The fourth-order valence-electron chi connectivity index (χ4n) is 3.56. The summed E-state index contributed by atoms with van der Waals surface area (Å²) in [5.74, 6) is 0.236. The second-order valence-electron chi connectivity index (χ2n) is 5.74. The van der Waals surface area contributed by atoms with Gasteiger partial charge in [0.05, 0.1) is 11.6 Å². The Hall–Kier alpha value is -2.12. The van der Waals surface area contributed by atoms with Crippen molar-refractivity contribution in [3.63, 3.8) is 0 Å². The Morgan fingerprint density at radius 2 is 2.29 bits per heavy atom. The number of carbonyl (C=O) groups is 1.